The molecule has 1 atom stereocenters. The van der Waals surface area contributed by atoms with Gasteiger partial charge in [0.2, 0.25) is 11.8 Å². The number of fused-ring (bicyclic) bond motifs is 1. The highest BCUT2D eigenvalue weighted by Gasteiger charge is 2.29. The second-order valence-electron chi connectivity index (χ2n) is 8.92. The minimum absolute atomic E-state index is 0.0557. The average molecular weight is 506 g/mol. The lowest BCUT2D eigenvalue weighted by Gasteiger charge is -2.26. The van der Waals surface area contributed by atoms with Gasteiger partial charge >= 0.3 is 6.18 Å². The zero-order valence-corrected chi connectivity index (χ0v) is 20.4. The Balaban J connectivity index is 0.000000275. The first-order valence-electron chi connectivity index (χ1n) is 12.3. The lowest BCUT2D eigenvalue weighted by molar-refractivity contribution is -0.154. The first kappa shape index (κ1) is 27.7. The summed E-state index contributed by atoms with van der Waals surface area (Å²) in [6.45, 7) is 2.39. The number of carbonyl (C=O) groups is 1. The van der Waals surface area contributed by atoms with Crippen molar-refractivity contribution in [3.63, 3.8) is 0 Å². The molecule has 36 heavy (non-hydrogen) atoms. The number of ether oxygens (including phenoxy) is 2. The van der Waals surface area contributed by atoms with E-state index >= 15 is 0 Å². The smallest absolute Gasteiger partial charge is 0.422 e. The minimum atomic E-state index is -4.34. The van der Waals surface area contributed by atoms with Gasteiger partial charge in [-0.25, -0.2) is 4.98 Å². The molecule has 0 aliphatic carbocycles. The van der Waals surface area contributed by atoms with E-state index in [0.29, 0.717) is 6.10 Å². The van der Waals surface area contributed by atoms with E-state index in [2.05, 4.69) is 9.88 Å². The number of hydrogen-bond acceptors (Lipinski definition) is 5. The van der Waals surface area contributed by atoms with Gasteiger partial charge in [-0.1, -0.05) is 36.4 Å². The van der Waals surface area contributed by atoms with Crippen LogP contribution in [0.15, 0.2) is 48.5 Å². The SMILES string of the molecule is FC(F)(F)COc1ccc2c(n1)CCN(CC[C@H]1CCCCO1)CC2.NC(=O)/C=C/c1ccccc1. The molecular formula is C27H34F3N3O3. The van der Waals surface area contributed by atoms with E-state index in [9.17, 15) is 18.0 Å². The summed E-state index contributed by atoms with van der Waals surface area (Å²) in [6.07, 6.45) is 5.28. The predicted octanol–water partition coefficient (Wildman–Crippen LogP) is 4.57. The molecule has 1 amide bonds. The summed E-state index contributed by atoms with van der Waals surface area (Å²) in [5.41, 5.74) is 7.86. The standard InChI is InChI=1S/C18H25F3N2O2.C9H9NO/c19-18(20,21)13-25-17-5-4-14-6-9-23(11-8-16(14)22-17)10-7-15-3-1-2-12-24-15;10-9(11)7-6-8-4-2-1-3-5-8/h4-5,15H,1-3,6-13H2;1-7H,(H2,10,11)/b;7-6+/t15-;/m1./s1. The van der Waals surface area contributed by atoms with Crippen LogP contribution in [0.25, 0.3) is 6.08 Å². The normalized spacial score (nSPS) is 18.6. The fourth-order valence-electron chi connectivity index (χ4n) is 4.17. The lowest BCUT2D eigenvalue weighted by Crippen LogP contribution is -2.31. The maximum Gasteiger partial charge on any atom is 0.422 e. The van der Waals surface area contributed by atoms with Crippen molar-refractivity contribution < 1.29 is 27.4 Å². The van der Waals surface area contributed by atoms with Gasteiger partial charge in [-0.2, -0.15) is 13.2 Å². The molecule has 2 aromatic rings. The fraction of sp³-hybridized carbons (Fsp3) is 0.481. The molecule has 0 bridgehead atoms. The van der Waals surface area contributed by atoms with Crippen molar-refractivity contribution in [2.75, 3.05) is 32.8 Å². The number of alkyl halides is 3. The van der Waals surface area contributed by atoms with E-state index < -0.39 is 18.7 Å². The third kappa shape index (κ3) is 10.4. The predicted molar refractivity (Wildman–Crippen MR) is 133 cm³/mol. The molecule has 196 valence electrons. The zero-order valence-electron chi connectivity index (χ0n) is 20.4. The van der Waals surface area contributed by atoms with Gasteiger partial charge in [0.1, 0.15) is 0 Å². The van der Waals surface area contributed by atoms with Crippen molar-refractivity contribution in [3.8, 4) is 5.88 Å². The molecule has 2 aliphatic rings. The minimum Gasteiger partial charge on any atom is -0.468 e. The van der Waals surface area contributed by atoms with E-state index in [4.69, 9.17) is 15.2 Å². The number of hydrogen-bond donors (Lipinski definition) is 1. The van der Waals surface area contributed by atoms with Gasteiger partial charge in [0.05, 0.1) is 6.10 Å². The summed E-state index contributed by atoms with van der Waals surface area (Å²) in [7, 11) is 0. The first-order chi connectivity index (χ1) is 17.3. The maximum atomic E-state index is 12.3. The number of nitrogens with zero attached hydrogens (tertiary/aromatic N) is 2. The topological polar surface area (TPSA) is 77.7 Å². The number of benzene rings is 1. The molecule has 1 aromatic carbocycles. The van der Waals surface area contributed by atoms with E-state index in [1.807, 2.05) is 36.4 Å². The third-order valence-electron chi connectivity index (χ3n) is 6.07. The molecule has 2 N–H and O–H groups in total. The van der Waals surface area contributed by atoms with Gasteiger partial charge < -0.3 is 20.1 Å². The van der Waals surface area contributed by atoms with Gasteiger partial charge in [-0.15, -0.1) is 0 Å². The number of pyridine rings is 1. The highest BCUT2D eigenvalue weighted by molar-refractivity contribution is 5.90. The molecule has 1 aromatic heterocycles. The van der Waals surface area contributed by atoms with Crippen molar-refractivity contribution in [2.45, 2.75) is 50.8 Å². The first-order valence-corrected chi connectivity index (χ1v) is 12.3. The molecule has 9 heteroatoms. The van der Waals surface area contributed by atoms with Gasteiger partial charge in [0.15, 0.2) is 6.61 Å². The van der Waals surface area contributed by atoms with E-state index in [1.165, 1.54) is 25.0 Å². The molecule has 3 heterocycles. The van der Waals surface area contributed by atoms with Crippen LogP contribution in [0.2, 0.25) is 0 Å². The Morgan fingerprint density at radius 1 is 1.14 bits per heavy atom. The summed E-state index contributed by atoms with van der Waals surface area (Å²) in [5.74, 6) is -0.367. The molecule has 0 unspecified atom stereocenters. The number of amides is 1. The Hall–Kier alpha value is -2.91. The highest BCUT2D eigenvalue weighted by atomic mass is 19.4. The molecule has 0 radical (unpaired) electrons. The summed E-state index contributed by atoms with van der Waals surface area (Å²) in [5, 5.41) is 0. The maximum absolute atomic E-state index is 12.3. The van der Waals surface area contributed by atoms with Crippen LogP contribution in [-0.2, 0) is 22.4 Å². The van der Waals surface area contributed by atoms with Gasteiger partial charge in [0.25, 0.3) is 0 Å². The molecule has 1 saturated heterocycles. The van der Waals surface area contributed by atoms with Gasteiger partial charge in [-0.3, -0.25) is 4.79 Å². The summed E-state index contributed by atoms with van der Waals surface area (Å²) >= 11 is 0. The second kappa shape index (κ2) is 14.0. The molecule has 4 rings (SSSR count). The van der Waals surface area contributed by atoms with Crippen LogP contribution in [0.5, 0.6) is 5.88 Å². The van der Waals surface area contributed by atoms with Crippen LogP contribution in [0, 0.1) is 0 Å². The molecular weight excluding hydrogens is 471 g/mol. The van der Waals surface area contributed by atoms with Gasteiger partial charge in [0, 0.05) is 50.5 Å². The van der Waals surface area contributed by atoms with Crippen molar-refractivity contribution in [3.05, 3.63) is 65.4 Å². The van der Waals surface area contributed by atoms with Crippen molar-refractivity contribution >= 4 is 12.0 Å². The van der Waals surface area contributed by atoms with Crippen LogP contribution < -0.4 is 10.5 Å². The van der Waals surface area contributed by atoms with Crippen molar-refractivity contribution in [1.82, 2.24) is 9.88 Å². The van der Waals surface area contributed by atoms with Crippen LogP contribution >= 0.6 is 0 Å². The molecule has 0 saturated carbocycles. The number of nitrogens with two attached hydrogens (primary N) is 1. The van der Waals surface area contributed by atoms with Crippen LogP contribution in [0.1, 0.15) is 42.5 Å². The lowest BCUT2D eigenvalue weighted by atomic mass is 10.1. The fourth-order valence-corrected chi connectivity index (χ4v) is 4.17. The summed E-state index contributed by atoms with van der Waals surface area (Å²) in [4.78, 5) is 17.0. The Bertz CT molecular complexity index is 977. The van der Waals surface area contributed by atoms with Crippen molar-refractivity contribution in [1.29, 1.82) is 0 Å². The highest BCUT2D eigenvalue weighted by Crippen LogP contribution is 2.22. The average Bonchev–Trinajstić information content (AvgIpc) is 3.08. The van der Waals surface area contributed by atoms with E-state index in [1.54, 1.807) is 6.08 Å². The number of halogens is 3. The largest absolute Gasteiger partial charge is 0.468 e. The zero-order chi connectivity index (χ0) is 25.8. The number of aromatic nitrogens is 1. The van der Waals surface area contributed by atoms with Gasteiger partial charge in [-0.05, 0) is 49.3 Å². The quantitative estimate of drug-likeness (QED) is 0.558. The van der Waals surface area contributed by atoms with Crippen LogP contribution in [-0.4, -0.2) is 60.9 Å². The third-order valence-corrected chi connectivity index (χ3v) is 6.07. The Labute approximate surface area is 210 Å². The summed E-state index contributed by atoms with van der Waals surface area (Å²) in [6, 6.07) is 12.9. The number of primary amides is 1. The Morgan fingerprint density at radius 3 is 2.61 bits per heavy atom. The van der Waals surface area contributed by atoms with Crippen molar-refractivity contribution in [2.24, 2.45) is 5.73 Å². The Kier molecular flexibility index (Phi) is 10.8. The van der Waals surface area contributed by atoms with E-state index in [-0.39, 0.29) is 5.88 Å². The summed E-state index contributed by atoms with van der Waals surface area (Å²) < 4.78 is 47.3. The Morgan fingerprint density at radius 2 is 1.92 bits per heavy atom. The number of rotatable bonds is 7. The molecule has 2 aliphatic heterocycles. The second-order valence-corrected chi connectivity index (χ2v) is 8.92. The van der Waals surface area contributed by atoms with Crippen LogP contribution in [0.3, 0.4) is 0 Å². The molecule has 6 nitrogen and oxygen atoms in total. The van der Waals surface area contributed by atoms with E-state index in [0.717, 1.165) is 68.7 Å². The molecule has 0 spiro atoms. The van der Waals surface area contributed by atoms with Crippen LogP contribution in [0.4, 0.5) is 13.2 Å². The monoisotopic (exact) mass is 505 g/mol. The molecule has 1 fully saturated rings. The number of carbonyl (C=O) groups excluding carboxylic acids is 1.